The minimum absolute atomic E-state index is 0.403. The molecule has 4 aliphatic carbocycles. The summed E-state index contributed by atoms with van der Waals surface area (Å²) in [6.45, 7) is 10.3. The van der Waals surface area contributed by atoms with Crippen molar-refractivity contribution < 1.29 is 0 Å². The topological polar surface area (TPSA) is 35.6 Å². The van der Waals surface area contributed by atoms with Crippen LogP contribution in [0.5, 0.6) is 0 Å². The fraction of sp³-hybridized carbons (Fsp3) is 0.129. The van der Waals surface area contributed by atoms with E-state index in [-0.39, 0.29) is 0 Å². The zero-order chi connectivity index (χ0) is 43.6. The fourth-order valence-corrected chi connectivity index (χ4v) is 15.4. The average Bonchev–Trinajstić information content (AvgIpc) is 4.05. The average molecular weight is 843 g/mol. The lowest BCUT2D eigenvalue weighted by molar-refractivity contribution is 0.0676. The number of para-hydroxylation sites is 4. The van der Waals surface area contributed by atoms with Gasteiger partial charge in [-0.25, -0.2) is 0 Å². The quantitative estimate of drug-likeness (QED) is 0.178. The van der Waals surface area contributed by atoms with E-state index >= 15 is 0 Å². The number of hydrogen-bond donors (Lipinski definition) is 0. The Labute approximate surface area is 381 Å². The standard InChI is InChI=1S/C62H42N4/c1-59(2)53-51-49(39-23-5-7-25-41(39)57(53)65-45-29-13-9-19-35(45)36-20-10-14-30-46(36)65)55-43(27-17-33-63-55)61(51,59)62-44-28-18-34-64-56(44)50-40-24-6-8-26-42(40)58(54(52(50)62)60(62,3)4)66-47-31-15-11-21-37(47)38-22-12-16-32-48(38)66/h5-34H,1-4H3. The van der Waals surface area contributed by atoms with Gasteiger partial charge in [0.25, 0.3) is 0 Å². The lowest BCUT2D eigenvalue weighted by Gasteiger charge is -2.73. The van der Waals surface area contributed by atoms with Crippen molar-refractivity contribution in [2.24, 2.45) is 0 Å². The third-order valence-electron chi connectivity index (χ3n) is 17.3. The normalized spacial score (nSPS) is 19.9. The predicted octanol–water partition coefficient (Wildman–Crippen LogP) is 14.8. The van der Waals surface area contributed by atoms with Gasteiger partial charge in [0.1, 0.15) is 0 Å². The molecule has 4 heteroatoms. The molecule has 0 aliphatic heterocycles. The molecule has 0 bridgehead atoms. The third-order valence-corrected chi connectivity index (χ3v) is 17.3. The number of rotatable bonds is 3. The molecule has 16 rings (SSSR count). The largest absolute Gasteiger partial charge is 0.308 e. The Bertz CT molecular complexity index is 3870. The van der Waals surface area contributed by atoms with Gasteiger partial charge in [-0.05, 0) is 80.6 Å². The van der Waals surface area contributed by atoms with Crippen molar-refractivity contribution in [2.45, 2.75) is 49.4 Å². The molecule has 12 aromatic rings. The van der Waals surface area contributed by atoms with Crippen LogP contribution in [0, 0.1) is 0 Å². The van der Waals surface area contributed by atoms with Crippen LogP contribution in [-0.4, -0.2) is 19.1 Å². The third kappa shape index (κ3) is 3.43. The Morgan fingerprint density at radius 1 is 0.318 bits per heavy atom. The Balaban J connectivity index is 1.13. The second-order valence-electron chi connectivity index (χ2n) is 20.3. The molecular formula is C62H42N4. The van der Waals surface area contributed by atoms with E-state index in [1.807, 2.05) is 12.4 Å². The van der Waals surface area contributed by atoms with Crippen molar-refractivity contribution >= 4 is 65.2 Å². The van der Waals surface area contributed by atoms with Crippen molar-refractivity contribution in [2.75, 3.05) is 0 Å². The predicted molar refractivity (Wildman–Crippen MR) is 271 cm³/mol. The molecule has 4 aliphatic rings. The number of hydrogen-bond acceptors (Lipinski definition) is 2. The Morgan fingerprint density at radius 2 is 0.621 bits per heavy atom. The van der Waals surface area contributed by atoms with Crippen LogP contribution in [0.15, 0.2) is 182 Å². The van der Waals surface area contributed by atoms with Gasteiger partial charge in [-0.15, -0.1) is 0 Å². The van der Waals surface area contributed by atoms with Gasteiger partial charge in [0.05, 0.1) is 44.8 Å². The molecule has 0 radical (unpaired) electrons. The zero-order valence-corrected chi connectivity index (χ0v) is 37.1. The SMILES string of the molecule is CC1(C)c2c3c(c4ccccc4c2-n2c4ccccc4c4ccccc42)-c2ncccc2C31C12c3cccnc3-c3c1c(c(-n1c4ccccc4c4ccccc41)c1ccccc31)C2(C)C. The van der Waals surface area contributed by atoms with Crippen LogP contribution in [0.2, 0.25) is 0 Å². The van der Waals surface area contributed by atoms with Crippen molar-refractivity contribution in [1.82, 2.24) is 19.1 Å². The number of fused-ring (bicyclic) bond motifs is 17. The summed E-state index contributed by atoms with van der Waals surface area (Å²) in [4.78, 5) is 10.9. The zero-order valence-electron chi connectivity index (χ0n) is 37.1. The maximum Gasteiger partial charge on any atom is 0.0753 e. The van der Waals surface area contributed by atoms with E-state index in [2.05, 4.69) is 207 Å². The molecule has 4 nitrogen and oxygen atoms in total. The molecule has 4 heterocycles. The summed E-state index contributed by atoms with van der Waals surface area (Å²) in [5, 5.41) is 10.1. The highest BCUT2D eigenvalue weighted by Crippen LogP contribution is 2.85. The maximum atomic E-state index is 5.47. The summed E-state index contributed by atoms with van der Waals surface area (Å²) in [6, 6.07) is 63.6. The summed E-state index contributed by atoms with van der Waals surface area (Å²) in [5.41, 5.74) is 18.8. The molecule has 2 unspecified atom stereocenters. The Kier molecular flexibility index (Phi) is 6.10. The molecule has 8 aromatic carbocycles. The van der Waals surface area contributed by atoms with Crippen LogP contribution < -0.4 is 0 Å². The fourth-order valence-electron chi connectivity index (χ4n) is 15.4. The van der Waals surface area contributed by atoms with Crippen LogP contribution in [-0.2, 0) is 21.7 Å². The van der Waals surface area contributed by atoms with Crippen molar-refractivity contribution in [3.8, 4) is 33.9 Å². The first-order valence-electron chi connectivity index (χ1n) is 23.4. The molecule has 0 spiro atoms. The number of benzene rings is 8. The minimum Gasteiger partial charge on any atom is -0.308 e. The van der Waals surface area contributed by atoms with Gasteiger partial charge in [-0.3, -0.25) is 9.97 Å². The van der Waals surface area contributed by atoms with E-state index in [1.54, 1.807) is 0 Å². The van der Waals surface area contributed by atoms with Crippen LogP contribution >= 0.6 is 0 Å². The summed E-state index contributed by atoms with van der Waals surface area (Å²) in [7, 11) is 0. The van der Waals surface area contributed by atoms with E-state index in [0.717, 1.165) is 11.4 Å². The van der Waals surface area contributed by atoms with E-state index in [1.165, 1.54) is 121 Å². The first kappa shape index (κ1) is 35.5. The van der Waals surface area contributed by atoms with E-state index < -0.39 is 21.7 Å². The molecule has 2 atom stereocenters. The molecule has 0 fully saturated rings. The van der Waals surface area contributed by atoms with Crippen molar-refractivity contribution in [3.05, 3.63) is 216 Å². The summed E-state index contributed by atoms with van der Waals surface area (Å²) >= 11 is 0. The van der Waals surface area contributed by atoms with Gasteiger partial charge in [0, 0.05) is 77.5 Å². The van der Waals surface area contributed by atoms with Crippen molar-refractivity contribution in [3.63, 3.8) is 0 Å². The first-order chi connectivity index (χ1) is 32.3. The Hall–Kier alpha value is -7.82. The van der Waals surface area contributed by atoms with Gasteiger partial charge in [-0.1, -0.05) is 161 Å². The molecule has 66 heavy (non-hydrogen) atoms. The molecule has 0 amide bonds. The summed E-state index contributed by atoms with van der Waals surface area (Å²) < 4.78 is 5.21. The van der Waals surface area contributed by atoms with E-state index in [9.17, 15) is 0 Å². The van der Waals surface area contributed by atoms with Crippen LogP contribution in [0.3, 0.4) is 0 Å². The van der Waals surface area contributed by atoms with Gasteiger partial charge in [0.15, 0.2) is 0 Å². The van der Waals surface area contributed by atoms with Crippen LogP contribution in [0.25, 0.3) is 99.0 Å². The molecule has 0 saturated heterocycles. The van der Waals surface area contributed by atoms with Gasteiger partial charge in [0.2, 0.25) is 0 Å². The van der Waals surface area contributed by atoms with Gasteiger partial charge in [-0.2, -0.15) is 0 Å². The molecular weight excluding hydrogens is 801 g/mol. The van der Waals surface area contributed by atoms with E-state index in [0.29, 0.717) is 0 Å². The second kappa shape index (κ2) is 11.3. The number of nitrogens with zero attached hydrogens (tertiary/aromatic N) is 4. The van der Waals surface area contributed by atoms with Crippen LogP contribution in [0.4, 0.5) is 0 Å². The Morgan fingerprint density at radius 3 is 0.970 bits per heavy atom. The smallest absolute Gasteiger partial charge is 0.0753 e. The summed E-state index contributed by atoms with van der Waals surface area (Å²) in [6.07, 6.45) is 4.04. The van der Waals surface area contributed by atoms with E-state index in [4.69, 9.17) is 9.97 Å². The lowest BCUT2D eigenvalue weighted by Crippen LogP contribution is -2.75. The first-order valence-corrected chi connectivity index (χ1v) is 23.4. The highest BCUT2D eigenvalue weighted by molar-refractivity contribution is 6.18. The molecule has 310 valence electrons. The van der Waals surface area contributed by atoms with Gasteiger partial charge < -0.3 is 9.13 Å². The monoisotopic (exact) mass is 842 g/mol. The maximum absolute atomic E-state index is 5.47. The highest BCUT2D eigenvalue weighted by atomic mass is 15.0. The molecule has 0 saturated carbocycles. The van der Waals surface area contributed by atoms with Crippen LogP contribution in [0.1, 0.15) is 61.1 Å². The molecule has 4 aromatic heterocycles. The highest BCUT2D eigenvalue weighted by Gasteiger charge is 2.83. The lowest BCUT2D eigenvalue weighted by atomic mass is 9.27. The number of aromatic nitrogens is 4. The number of pyridine rings is 2. The second-order valence-corrected chi connectivity index (χ2v) is 20.3. The summed E-state index contributed by atoms with van der Waals surface area (Å²) in [5.74, 6) is 0. The van der Waals surface area contributed by atoms with Crippen molar-refractivity contribution in [1.29, 1.82) is 0 Å². The molecule has 0 N–H and O–H groups in total. The minimum atomic E-state index is -0.522. The van der Waals surface area contributed by atoms with Gasteiger partial charge >= 0.3 is 0 Å².